The van der Waals surface area contributed by atoms with Gasteiger partial charge in [-0.1, -0.05) is 46.3 Å². The van der Waals surface area contributed by atoms with Crippen LogP contribution in [0.25, 0.3) is 0 Å². The Kier molecular flexibility index (Phi) is 6.36. The Morgan fingerprint density at radius 2 is 1.75 bits per heavy atom. The molecule has 0 bridgehead atoms. The Hall–Kier alpha value is -1.89. The predicted molar refractivity (Wildman–Crippen MR) is 94.7 cm³/mol. The van der Waals surface area contributed by atoms with E-state index >= 15 is 0 Å². The molecule has 2 aromatic rings. The number of nitrogens with one attached hydrogen (secondary N) is 1. The van der Waals surface area contributed by atoms with Crippen LogP contribution in [-0.4, -0.2) is 29.3 Å². The second-order valence-corrected chi connectivity index (χ2v) is 6.35. The lowest BCUT2D eigenvalue weighted by molar-refractivity contribution is -0.131. The van der Waals surface area contributed by atoms with E-state index in [0.717, 1.165) is 4.47 Å². The average Bonchev–Trinajstić information content (AvgIpc) is 2.60. The van der Waals surface area contributed by atoms with Gasteiger partial charge in [0.15, 0.2) is 6.10 Å². The highest BCUT2D eigenvalue weighted by Gasteiger charge is 2.25. The van der Waals surface area contributed by atoms with Crippen LogP contribution in [0.4, 0.5) is 0 Å². The van der Waals surface area contributed by atoms with Gasteiger partial charge in [-0.2, -0.15) is 0 Å². The van der Waals surface area contributed by atoms with E-state index in [2.05, 4.69) is 21.2 Å². The molecule has 0 aliphatic heterocycles. The third-order valence-corrected chi connectivity index (χ3v) is 4.27. The van der Waals surface area contributed by atoms with Crippen molar-refractivity contribution in [2.75, 3.05) is 7.11 Å². The molecule has 128 valence electrons. The number of benzene rings is 2. The summed E-state index contributed by atoms with van der Waals surface area (Å²) in [6, 6.07) is 13.4. The first-order valence-electron chi connectivity index (χ1n) is 7.49. The Balaban J connectivity index is 2.06. The van der Waals surface area contributed by atoms with Crippen LogP contribution >= 0.6 is 15.9 Å². The number of methoxy groups -OCH3 is 1. The molecule has 0 aliphatic carbocycles. The minimum absolute atomic E-state index is 0.378. The van der Waals surface area contributed by atoms with Crippen molar-refractivity contribution in [2.45, 2.75) is 25.2 Å². The van der Waals surface area contributed by atoms with Gasteiger partial charge in [0, 0.05) is 10.0 Å². The smallest absolute Gasteiger partial charge is 0.253 e. The van der Waals surface area contributed by atoms with Crippen molar-refractivity contribution in [3.05, 3.63) is 64.1 Å². The molecule has 0 radical (unpaired) electrons. The monoisotopic (exact) mass is 393 g/mol. The summed E-state index contributed by atoms with van der Waals surface area (Å²) in [7, 11) is 1.48. The van der Waals surface area contributed by atoms with Crippen molar-refractivity contribution in [3.8, 4) is 5.75 Å². The molecule has 2 rings (SSSR count). The number of aliphatic hydroxyl groups is 2. The van der Waals surface area contributed by atoms with Crippen LogP contribution in [0.15, 0.2) is 53.0 Å². The zero-order valence-corrected chi connectivity index (χ0v) is 15.0. The number of hydrogen-bond donors (Lipinski definition) is 3. The lowest BCUT2D eigenvalue weighted by Gasteiger charge is -2.23. The summed E-state index contributed by atoms with van der Waals surface area (Å²) in [6.45, 7) is 1.68. The van der Waals surface area contributed by atoms with Crippen LogP contribution in [0.5, 0.6) is 5.75 Å². The Bertz CT molecular complexity index is 690. The van der Waals surface area contributed by atoms with Crippen molar-refractivity contribution in [2.24, 2.45) is 0 Å². The number of amides is 1. The van der Waals surface area contributed by atoms with E-state index in [-0.39, 0.29) is 0 Å². The lowest BCUT2D eigenvalue weighted by atomic mass is 10.0. The molecule has 5 nitrogen and oxygen atoms in total. The fourth-order valence-corrected chi connectivity index (χ4v) is 2.63. The van der Waals surface area contributed by atoms with E-state index in [9.17, 15) is 15.0 Å². The molecule has 0 aliphatic rings. The summed E-state index contributed by atoms with van der Waals surface area (Å²) >= 11 is 3.33. The second kappa shape index (κ2) is 8.28. The number of carbonyl (C=O) groups is 1. The third kappa shape index (κ3) is 4.35. The van der Waals surface area contributed by atoms with Gasteiger partial charge in [0.1, 0.15) is 5.75 Å². The Morgan fingerprint density at radius 1 is 1.12 bits per heavy atom. The summed E-state index contributed by atoms with van der Waals surface area (Å²) in [5, 5.41) is 23.2. The van der Waals surface area contributed by atoms with Crippen molar-refractivity contribution in [3.63, 3.8) is 0 Å². The average molecular weight is 394 g/mol. The van der Waals surface area contributed by atoms with E-state index in [1.54, 1.807) is 43.3 Å². The molecule has 0 saturated carbocycles. The maximum Gasteiger partial charge on any atom is 0.253 e. The number of aliphatic hydroxyl groups excluding tert-OH is 2. The first-order valence-corrected chi connectivity index (χ1v) is 8.28. The van der Waals surface area contributed by atoms with Gasteiger partial charge in [-0.25, -0.2) is 0 Å². The lowest BCUT2D eigenvalue weighted by Crippen LogP contribution is -2.40. The van der Waals surface area contributed by atoms with Crippen LogP contribution in [0, 0.1) is 0 Å². The zero-order valence-electron chi connectivity index (χ0n) is 13.4. The number of rotatable bonds is 6. The molecule has 0 fully saturated rings. The number of ether oxygens (including phenoxy) is 1. The predicted octanol–water partition coefficient (Wildman–Crippen LogP) is 2.73. The largest absolute Gasteiger partial charge is 0.496 e. The van der Waals surface area contributed by atoms with Crippen LogP contribution in [0.1, 0.15) is 30.3 Å². The van der Waals surface area contributed by atoms with E-state index in [1.807, 2.05) is 12.1 Å². The SMILES string of the molecule is COc1ccccc1C(O)C(=O)NC(C)C(O)c1ccc(Br)cc1. The summed E-state index contributed by atoms with van der Waals surface area (Å²) in [5.41, 5.74) is 1.06. The number of halogens is 1. The maximum atomic E-state index is 12.3. The quantitative estimate of drug-likeness (QED) is 0.704. The molecular weight excluding hydrogens is 374 g/mol. The van der Waals surface area contributed by atoms with E-state index in [4.69, 9.17) is 4.74 Å². The van der Waals surface area contributed by atoms with Crippen molar-refractivity contribution >= 4 is 21.8 Å². The van der Waals surface area contributed by atoms with Crippen LogP contribution in [0.2, 0.25) is 0 Å². The standard InChI is InChI=1S/C18H20BrNO4/c1-11(16(21)12-7-9-13(19)10-8-12)20-18(23)17(22)14-5-3-4-6-15(14)24-2/h3-11,16-17,21-22H,1-2H3,(H,20,23). The fourth-order valence-electron chi connectivity index (χ4n) is 2.36. The maximum absolute atomic E-state index is 12.3. The highest BCUT2D eigenvalue weighted by atomic mass is 79.9. The van der Waals surface area contributed by atoms with E-state index < -0.39 is 24.2 Å². The highest BCUT2D eigenvalue weighted by Crippen LogP contribution is 2.25. The minimum Gasteiger partial charge on any atom is -0.496 e. The number of para-hydroxylation sites is 1. The van der Waals surface area contributed by atoms with Gasteiger partial charge in [0.25, 0.3) is 5.91 Å². The van der Waals surface area contributed by atoms with Crippen LogP contribution in [0.3, 0.4) is 0 Å². The normalized spacial score (nSPS) is 14.5. The van der Waals surface area contributed by atoms with Crippen molar-refractivity contribution in [1.29, 1.82) is 0 Å². The van der Waals surface area contributed by atoms with Crippen LogP contribution < -0.4 is 10.1 Å². The summed E-state index contributed by atoms with van der Waals surface area (Å²) in [5.74, 6) is -0.163. The molecule has 24 heavy (non-hydrogen) atoms. The van der Waals surface area contributed by atoms with Crippen molar-refractivity contribution < 1.29 is 19.7 Å². The molecule has 2 aromatic carbocycles. The number of hydrogen-bond acceptors (Lipinski definition) is 4. The highest BCUT2D eigenvalue weighted by molar-refractivity contribution is 9.10. The summed E-state index contributed by atoms with van der Waals surface area (Å²) < 4.78 is 6.06. The molecule has 0 saturated heterocycles. The number of carbonyl (C=O) groups excluding carboxylic acids is 1. The van der Waals surface area contributed by atoms with Gasteiger partial charge in [-0.05, 0) is 30.7 Å². The Morgan fingerprint density at radius 3 is 2.38 bits per heavy atom. The molecule has 6 heteroatoms. The second-order valence-electron chi connectivity index (χ2n) is 5.44. The first kappa shape index (κ1) is 18.4. The zero-order chi connectivity index (χ0) is 17.7. The molecular formula is C18H20BrNO4. The molecule has 0 aromatic heterocycles. The Labute approximate surface area is 149 Å². The van der Waals surface area contributed by atoms with Gasteiger partial charge in [-0.3, -0.25) is 4.79 Å². The van der Waals surface area contributed by atoms with Crippen LogP contribution in [-0.2, 0) is 4.79 Å². The van der Waals surface area contributed by atoms with E-state index in [0.29, 0.717) is 16.9 Å². The first-order chi connectivity index (χ1) is 11.4. The molecule has 0 spiro atoms. The fraction of sp³-hybridized carbons (Fsp3) is 0.278. The summed E-state index contributed by atoms with van der Waals surface area (Å²) in [4.78, 5) is 12.3. The minimum atomic E-state index is -1.37. The van der Waals surface area contributed by atoms with Gasteiger partial charge < -0.3 is 20.3 Å². The third-order valence-electron chi connectivity index (χ3n) is 3.74. The van der Waals surface area contributed by atoms with E-state index in [1.165, 1.54) is 7.11 Å². The summed E-state index contributed by atoms with van der Waals surface area (Å²) in [6.07, 6.45) is -2.26. The van der Waals surface area contributed by atoms with Gasteiger partial charge in [0.05, 0.1) is 19.3 Å². The van der Waals surface area contributed by atoms with Gasteiger partial charge >= 0.3 is 0 Å². The molecule has 3 atom stereocenters. The molecule has 3 N–H and O–H groups in total. The molecule has 0 heterocycles. The molecule has 3 unspecified atom stereocenters. The van der Waals surface area contributed by atoms with Crippen molar-refractivity contribution in [1.82, 2.24) is 5.32 Å². The van der Waals surface area contributed by atoms with Gasteiger partial charge in [-0.15, -0.1) is 0 Å². The topological polar surface area (TPSA) is 78.8 Å². The molecule has 1 amide bonds. The van der Waals surface area contributed by atoms with Gasteiger partial charge in [0.2, 0.25) is 0 Å².